The molecule has 0 aliphatic carbocycles. The lowest BCUT2D eigenvalue weighted by Crippen LogP contribution is -2.49. The highest BCUT2D eigenvalue weighted by Gasteiger charge is 2.25. The van der Waals surface area contributed by atoms with Gasteiger partial charge in [0.25, 0.3) is 0 Å². The van der Waals surface area contributed by atoms with Crippen LogP contribution in [-0.2, 0) is 16.1 Å². The van der Waals surface area contributed by atoms with Crippen LogP contribution in [0, 0.1) is 0 Å². The molecule has 1 amide bonds. The standard InChI is InChI=1S/C22H26N6O2S2/c29-20(27-11-9-26(10-12-27)19-7-1-2-8-23-19)16-32-22-25-24-21(18-6-4-14-31-18)28(22)15-17-5-3-13-30-17/h1-2,4,6-8,14,17H,3,5,9-13,15-16H2/t17-/m0/s1. The molecular formula is C22H26N6O2S2. The number of carbonyl (C=O) groups excluding carboxylic acids is 1. The van der Waals surface area contributed by atoms with Crippen molar-refractivity contribution in [1.29, 1.82) is 0 Å². The van der Waals surface area contributed by atoms with Crippen LogP contribution in [0.3, 0.4) is 0 Å². The number of piperazine rings is 1. The molecule has 10 heteroatoms. The first-order valence-corrected chi connectivity index (χ1v) is 12.8. The van der Waals surface area contributed by atoms with E-state index in [4.69, 9.17) is 4.74 Å². The Bertz CT molecular complexity index is 1010. The lowest BCUT2D eigenvalue weighted by molar-refractivity contribution is -0.128. The molecule has 5 heterocycles. The molecule has 0 radical (unpaired) electrons. The second kappa shape index (κ2) is 10.0. The third-order valence-corrected chi connectivity index (χ3v) is 7.62. The van der Waals surface area contributed by atoms with Crippen molar-refractivity contribution in [2.24, 2.45) is 0 Å². The number of ether oxygens (including phenoxy) is 1. The number of thioether (sulfide) groups is 1. The highest BCUT2D eigenvalue weighted by atomic mass is 32.2. The summed E-state index contributed by atoms with van der Waals surface area (Å²) in [6.07, 6.45) is 4.12. The number of amides is 1. The van der Waals surface area contributed by atoms with Gasteiger partial charge in [0, 0.05) is 39.0 Å². The Morgan fingerprint density at radius 2 is 2.06 bits per heavy atom. The minimum absolute atomic E-state index is 0.139. The van der Waals surface area contributed by atoms with E-state index in [1.807, 2.05) is 34.5 Å². The lowest BCUT2D eigenvalue weighted by atomic mass is 10.2. The van der Waals surface area contributed by atoms with E-state index in [0.29, 0.717) is 18.8 Å². The topological polar surface area (TPSA) is 76.4 Å². The van der Waals surface area contributed by atoms with Gasteiger partial charge in [-0.15, -0.1) is 21.5 Å². The molecule has 8 nitrogen and oxygen atoms in total. The first-order chi connectivity index (χ1) is 15.8. The number of hydrogen-bond donors (Lipinski definition) is 0. The quantitative estimate of drug-likeness (QED) is 0.491. The third-order valence-electron chi connectivity index (χ3n) is 5.80. The van der Waals surface area contributed by atoms with Crippen LogP contribution < -0.4 is 4.90 Å². The van der Waals surface area contributed by atoms with Gasteiger partial charge >= 0.3 is 0 Å². The van der Waals surface area contributed by atoms with E-state index in [0.717, 1.165) is 60.8 Å². The molecule has 0 unspecified atom stereocenters. The number of hydrogen-bond acceptors (Lipinski definition) is 8. The Morgan fingerprint density at radius 3 is 2.78 bits per heavy atom. The summed E-state index contributed by atoms with van der Waals surface area (Å²) in [5.74, 6) is 2.32. The summed E-state index contributed by atoms with van der Waals surface area (Å²) in [6.45, 7) is 4.54. The molecule has 0 saturated carbocycles. The first kappa shape index (κ1) is 21.4. The molecule has 0 aromatic carbocycles. The van der Waals surface area contributed by atoms with Crippen molar-refractivity contribution in [3.8, 4) is 10.7 Å². The molecule has 3 aromatic rings. The summed E-state index contributed by atoms with van der Waals surface area (Å²) in [5, 5.41) is 11.7. The van der Waals surface area contributed by atoms with Crippen molar-refractivity contribution in [2.75, 3.05) is 43.4 Å². The van der Waals surface area contributed by atoms with Crippen molar-refractivity contribution in [3.63, 3.8) is 0 Å². The van der Waals surface area contributed by atoms with Crippen LogP contribution in [0.15, 0.2) is 47.1 Å². The van der Waals surface area contributed by atoms with Gasteiger partial charge in [0.15, 0.2) is 11.0 Å². The van der Waals surface area contributed by atoms with Gasteiger partial charge in [-0.2, -0.15) is 0 Å². The Kier molecular flexibility index (Phi) is 6.70. The van der Waals surface area contributed by atoms with Crippen LogP contribution in [0.2, 0.25) is 0 Å². The van der Waals surface area contributed by atoms with Crippen molar-refractivity contribution < 1.29 is 9.53 Å². The fourth-order valence-electron chi connectivity index (χ4n) is 4.08. The summed E-state index contributed by atoms with van der Waals surface area (Å²) >= 11 is 3.12. The van der Waals surface area contributed by atoms with Crippen LogP contribution in [0.1, 0.15) is 12.8 Å². The Balaban J connectivity index is 1.21. The molecular weight excluding hydrogens is 444 g/mol. The molecule has 5 rings (SSSR count). The second-order valence-corrected chi connectivity index (χ2v) is 9.76. The van der Waals surface area contributed by atoms with Gasteiger partial charge in [-0.3, -0.25) is 9.36 Å². The van der Waals surface area contributed by atoms with Gasteiger partial charge < -0.3 is 14.5 Å². The zero-order valence-electron chi connectivity index (χ0n) is 17.8. The Hall–Kier alpha value is -2.43. The van der Waals surface area contributed by atoms with Crippen molar-refractivity contribution in [2.45, 2.75) is 30.6 Å². The van der Waals surface area contributed by atoms with Crippen LogP contribution in [0.25, 0.3) is 10.7 Å². The number of thiophene rings is 1. The van der Waals surface area contributed by atoms with E-state index < -0.39 is 0 Å². The molecule has 2 saturated heterocycles. The van der Waals surface area contributed by atoms with Crippen molar-refractivity contribution in [3.05, 3.63) is 41.9 Å². The lowest BCUT2D eigenvalue weighted by Gasteiger charge is -2.35. The van der Waals surface area contributed by atoms with Gasteiger partial charge in [-0.1, -0.05) is 23.9 Å². The molecule has 0 spiro atoms. The van der Waals surface area contributed by atoms with E-state index >= 15 is 0 Å². The second-order valence-electron chi connectivity index (χ2n) is 7.87. The number of rotatable bonds is 7. The average Bonchev–Trinajstić information content (AvgIpc) is 3.61. The van der Waals surface area contributed by atoms with E-state index in [2.05, 4.69) is 30.7 Å². The number of aromatic nitrogens is 4. The molecule has 168 valence electrons. The Labute approximate surface area is 195 Å². The van der Waals surface area contributed by atoms with Crippen molar-refractivity contribution in [1.82, 2.24) is 24.6 Å². The molecule has 0 N–H and O–H groups in total. The summed E-state index contributed by atoms with van der Waals surface area (Å²) < 4.78 is 7.98. The van der Waals surface area contributed by atoms with Crippen LogP contribution in [0.5, 0.6) is 0 Å². The molecule has 32 heavy (non-hydrogen) atoms. The molecule has 2 fully saturated rings. The largest absolute Gasteiger partial charge is 0.376 e. The zero-order chi connectivity index (χ0) is 21.8. The van der Waals surface area contributed by atoms with Crippen LogP contribution in [0.4, 0.5) is 5.82 Å². The molecule has 2 aliphatic rings. The summed E-state index contributed by atoms with van der Waals surface area (Å²) in [6, 6.07) is 10.0. The maximum atomic E-state index is 12.9. The van der Waals surface area contributed by atoms with Crippen LogP contribution >= 0.6 is 23.1 Å². The molecule has 1 atom stereocenters. The van der Waals surface area contributed by atoms with E-state index in [-0.39, 0.29) is 12.0 Å². The van der Waals surface area contributed by atoms with Gasteiger partial charge in [-0.05, 0) is 36.4 Å². The van der Waals surface area contributed by atoms with E-state index in [1.165, 1.54) is 11.8 Å². The van der Waals surface area contributed by atoms with Gasteiger partial charge in [0.05, 0.1) is 23.3 Å². The highest BCUT2D eigenvalue weighted by molar-refractivity contribution is 7.99. The smallest absolute Gasteiger partial charge is 0.233 e. The van der Waals surface area contributed by atoms with Gasteiger partial charge in [-0.25, -0.2) is 4.98 Å². The fraction of sp³-hybridized carbons (Fsp3) is 0.455. The molecule has 2 aliphatic heterocycles. The predicted octanol–water partition coefficient (Wildman–Crippen LogP) is 3.02. The zero-order valence-corrected chi connectivity index (χ0v) is 19.4. The number of nitrogens with zero attached hydrogens (tertiary/aromatic N) is 6. The number of pyridine rings is 1. The molecule has 0 bridgehead atoms. The molecule has 3 aromatic heterocycles. The minimum Gasteiger partial charge on any atom is -0.376 e. The predicted molar refractivity (Wildman–Crippen MR) is 126 cm³/mol. The van der Waals surface area contributed by atoms with Gasteiger partial charge in [0.2, 0.25) is 5.91 Å². The minimum atomic E-state index is 0.139. The Morgan fingerprint density at radius 1 is 1.16 bits per heavy atom. The highest BCUT2D eigenvalue weighted by Crippen LogP contribution is 2.29. The maximum Gasteiger partial charge on any atom is 0.233 e. The monoisotopic (exact) mass is 470 g/mol. The van der Waals surface area contributed by atoms with E-state index in [9.17, 15) is 4.79 Å². The summed E-state index contributed by atoms with van der Waals surface area (Å²) in [7, 11) is 0. The SMILES string of the molecule is O=C(CSc1nnc(-c2cccs2)n1C[C@@H]1CCCO1)N1CCN(c2ccccn2)CC1. The normalized spacial score (nSPS) is 18.9. The average molecular weight is 471 g/mol. The fourth-order valence-corrected chi connectivity index (χ4v) is 5.65. The first-order valence-electron chi connectivity index (χ1n) is 10.9. The number of carbonyl (C=O) groups is 1. The number of anilines is 1. The third kappa shape index (κ3) is 4.82. The van der Waals surface area contributed by atoms with Gasteiger partial charge in [0.1, 0.15) is 5.82 Å². The maximum absolute atomic E-state index is 12.9. The summed E-state index contributed by atoms with van der Waals surface area (Å²) in [4.78, 5) is 22.6. The van der Waals surface area contributed by atoms with Crippen LogP contribution in [-0.4, -0.2) is 75.2 Å². The van der Waals surface area contributed by atoms with Crippen molar-refractivity contribution >= 4 is 34.8 Å². The summed E-state index contributed by atoms with van der Waals surface area (Å²) in [5.41, 5.74) is 0. The van der Waals surface area contributed by atoms with E-state index in [1.54, 1.807) is 17.5 Å².